The Morgan fingerprint density at radius 1 is 1.36 bits per heavy atom. The Labute approximate surface area is 90.0 Å². The van der Waals surface area contributed by atoms with Gasteiger partial charge in [-0.2, -0.15) is 0 Å². The molecule has 0 aliphatic rings. The van der Waals surface area contributed by atoms with Crippen molar-refractivity contribution in [1.29, 1.82) is 0 Å². The van der Waals surface area contributed by atoms with Crippen molar-refractivity contribution in [3.8, 4) is 0 Å². The van der Waals surface area contributed by atoms with Crippen LogP contribution in [-0.4, -0.2) is 12.6 Å². The van der Waals surface area contributed by atoms with Crippen molar-refractivity contribution in [2.45, 2.75) is 26.0 Å². The Bertz CT molecular complexity index is 258. The number of hydrogen-bond donors (Lipinski definition) is 1. The third kappa shape index (κ3) is 4.61. The van der Waals surface area contributed by atoms with E-state index in [1.54, 1.807) is 0 Å². The molecular weight excluding hydrogens is 198 g/mol. The van der Waals surface area contributed by atoms with Gasteiger partial charge in [0.1, 0.15) is 0 Å². The van der Waals surface area contributed by atoms with E-state index in [0.717, 1.165) is 17.0 Å². The topological polar surface area (TPSA) is 35.2 Å². The first-order chi connectivity index (χ1) is 6.68. The van der Waals surface area contributed by atoms with Crippen LogP contribution in [0.1, 0.15) is 18.9 Å². The number of benzene rings is 1. The zero-order valence-electron chi connectivity index (χ0n) is 8.37. The van der Waals surface area contributed by atoms with Crippen molar-refractivity contribution in [2.75, 3.05) is 6.61 Å². The molecule has 0 saturated heterocycles. The fraction of sp³-hybridized carbons (Fsp3) is 0.455. The number of halogens is 1. The van der Waals surface area contributed by atoms with Crippen LogP contribution in [0.5, 0.6) is 0 Å². The van der Waals surface area contributed by atoms with E-state index in [-0.39, 0.29) is 6.04 Å². The summed E-state index contributed by atoms with van der Waals surface area (Å²) in [5, 5.41) is 0.754. The van der Waals surface area contributed by atoms with Crippen LogP contribution in [0.4, 0.5) is 0 Å². The highest BCUT2D eigenvalue weighted by Crippen LogP contribution is 2.10. The van der Waals surface area contributed by atoms with Gasteiger partial charge < -0.3 is 10.5 Å². The SMILES string of the molecule is C[C@@H](N)CCOCc1ccc(Cl)cc1. The Balaban J connectivity index is 2.21. The first kappa shape index (κ1) is 11.5. The summed E-state index contributed by atoms with van der Waals surface area (Å²) in [6.45, 7) is 3.32. The summed E-state index contributed by atoms with van der Waals surface area (Å²) in [4.78, 5) is 0. The van der Waals surface area contributed by atoms with E-state index in [4.69, 9.17) is 22.1 Å². The molecule has 0 amide bonds. The minimum absolute atomic E-state index is 0.209. The van der Waals surface area contributed by atoms with E-state index >= 15 is 0 Å². The van der Waals surface area contributed by atoms with Gasteiger partial charge in [-0.25, -0.2) is 0 Å². The normalized spacial score (nSPS) is 12.8. The highest BCUT2D eigenvalue weighted by atomic mass is 35.5. The van der Waals surface area contributed by atoms with Crippen LogP contribution in [0, 0.1) is 0 Å². The second-order valence-electron chi connectivity index (χ2n) is 3.45. The summed E-state index contributed by atoms with van der Waals surface area (Å²) < 4.78 is 5.45. The van der Waals surface area contributed by atoms with E-state index in [1.807, 2.05) is 31.2 Å². The molecular formula is C11H16ClNO. The molecule has 0 aliphatic carbocycles. The summed E-state index contributed by atoms with van der Waals surface area (Å²) in [5.41, 5.74) is 6.73. The average Bonchev–Trinajstić information content (AvgIpc) is 2.15. The predicted molar refractivity (Wildman–Crippen MR) is 59.4 cm³/mol. The lowest BCUT2D eigenvalue weighted by Gasteiger charge is -2.06. The Morgan fingerprint density at radius 3 is 2.57 bits per heavy atom. The number of hydrogen-bond acceptors (Lipinski definition) is 2. The fourth-order valence-corrected chi connectivity index (χ4v) is 1.17. The molecule has 0 spiro atoms. The van der Waals surface area contributed by atoms with Crippen molar-refractivity contribution in [3.05, 3.63) is 34.9 Å². The maximum Gasteiger partial charge on any atom is 0.0716 e. The summed E-state index contributed by atoms with van der Waals surface area (Å²) >= 11 is 5.76. The van der Waals surface area contributed by atoms with E-state index in [2.05, 4.69) is 0 Å². The Morgan fingerprint density at radius 2 is 2.00 bits per heavy atom. The van der Waals surface area contributed by atoms with Gasteiger partial charge in [-0.15, -0.1) is 0 Å². The van der Waals surface area contributed by atoms with Crippen LogP contribution in [0.2, 0.25) is 5.02 Å². The lowest BCUT2D eigenvalue weighted by Crippen LogP contribution is -2.17. The van der Waals surface area contributed by atoms with E-state index < -0.39 is 0 Å². The zero-order valence-corrected chi connectivity index (χ0v) is 9.13. The smallest absolute Gasteiger partial charge is 0.0716 e. The Kier molecular flexibility index (Phi) is 4.94. The third-order valence-electron chi connectivity index (χ3n) is 1.90. The van der Waals surface area contributed by atoms with Crippen molar-refractivity contribution in [3.63, 3.8) is 0 Å². The van der Waals surface area contributed by atoms with Gasteiger partial charge in [0, 0.05) is 17.7 Å². The monoisotopic (exact) mass is 213 g/mol. The molecule has 0 fully saturated rings. The zero-order chi connectivity index (χ0) is 10.4. The maximum atomic E-state index is 5.76. The molecule has 1 aromatic rings. The minimum Gasteiger partial charge on any atom is -0.377 e. The molecule has 0 radical (unpaired) electrons. The van der Waals surface area contributed by atoms with Gasteiger partial charge in [0.25, 0.3) is 0 Å². The van der Waals surface area contributed by atoms with Gasteiger partial charge in [-0.1, -0.05) is 23.7 Å². The van der Waals surface area contributed by atoms with Crippen LogP contribution >= 0.6 is 11.6 Å². The lowest BCUT2D eigenvalue weighted by molar-refractivity contribution is 0.115. The van der Waals surface area contributed by atoms with Gasteiger partial charge >= 0.3 is 0 Å². The molecule has 2 N–H and O–H groups in total. The quantitative estimate of drug-likeness (QED) is 0.764. The molecule has 14 heavy (non-hydrogen) atoms. The van der Waals surface area contributed by atoms with E-state index in [1.165, 1.54) is 0 Å². The molecule has 78 valence electrons. The van der Waals surface area contributed by atoms with Gasteiger partial charge in [-0.05, 0) is 31.0 Å². The van der Waals surface area contributed by atoms with E-state index in [0.29, 0.717) is 13.2 Å². The van der Waals surface area contributed by atoms with Crippen LogP contribution in [0.3, 0.4) is 0 Å². The predicted octanol–water partition coefficient (Wildman–Crippen LogP) is 2.59. The van der Waals surface area contributed by atoms with Crippen molar-refractivity contribution in [1.82, 2.24) is 0 Å². The van der Waals surface area contributed by atoms with E-state index in [9.17, 15) is 0 Å². The van der Waals surface area contributed by atoms with Gasteiger partial charge in [0.15, 0.2) is 0 Å². The molecule has 0 unspecified atom stereocenters. The van der Waals surface area contributed by atoms with Gasteiger partial charge in [0.05, 0.1) is 6.61 Å². The molecule has 3 heteroatoms. The first-order valence-corrected chi connectivity index (χ1v) is 5.14. The molecule has 0 aliphatic heterocycles. The van der Waals surface area contributed by atoms with Crippen molar-refractivity contribution < 1.29 is 4.74 Å². The van der Waals surface area contributed by atoms with Crippen LogP contribution in [0.15, 0.2) is 24.3 Å². The highest BCUT2D eigenvalue weighted by molar-refractivity contribution is 6.30. The summed E-state index contributed by atoms with van der Waals surface area (Å²) in [7, 11) is 0. The van der Waals surface area contributed by atoms with Crippen molar-refractivity contribution in [2.24, 2.45) is 5.73 Å². The molecule has 0 saturated carbocycles. The molecule has 1 aromatic carbocycles. The van der Waals surface area contributed by atoms with Crippen LogP contribution in [0.25, 0.3) is 0 Å². The number of ether oxygens (including phenoxy) is 1. The standard InChI is InChI=1S/C11H16ClNO/c1-9(13)6-7-14-8-10-2-4-11(12)5-3-10/h2-5,9H,6-8,13H2,1H3/t9-/m1/s1. The number of nitrogens with two attached hydrogens (primary N) is 1. The van der Waals surface area contributed by atoms with Gasteiger partial charge in [-0.3, -0.25) is 0 Å². The summed E-state index contributed by atoms with van der Waals surface area (Å²) in [5.74, 6) is 0. The second-order valence-corrected chi connectivity index (χ2v) is 3.88. The van der Waals surface area contributed by atoms with Crippen molar-refractivity contribution >= 4 is 11.6 Å². The second kappa shape index (κ2) is 6.02. The summed E-state index contributed by atoms with van der Waals surface area (Å²) in [6, 6.07) is 7.88. The first-order valence-electron chi connectivity index (χ1n) is 4.76. The molecule has 0 aromatic heterocycles. The molecule has 0 bridgehead atoms. The maximum absolute atomic E-state index is 5.76. The average molecular weight is 214 g/mol. The third-order valence-corrected chi connectivity index (χ3v) is 2.15. The van der Waals surface area contributed by atoms with Crippen LogP contribution in [-0.2, 0) is 11.3 Å². The molecule has 0 heterocycles. The fourth-order valence-electron chi connectivity index (χ4n) is 1.04. The number of rotatable bonds is 5. The largest absolute Gasteiger partial charge is 0.377 e. The van der Waals surface area contributed by atoms with Crippen LogP contribution < -0.4 is 5.73 Å². The Hall–Kier alpha value is -0.570. The molecule has 1 rings (SSSR count). The molecule has 2 nitrogen and oxygen atoms in total. The summed E-state index contributed by atoms with van der Waals surface area (Å²) in [6.07, 6.45) is 0.896. The highest BCUT2D eigenvalue weighted by Gasteiger charge is 1.96. The van der Waals surface area contributed by atoms with Gasteiger partial charge in [0.2, 0.25) is 0 Å². The lowest BCUT2D eigenvalue weighted by atomic mass is 10.2. The molecule has 1 atom stereocenters. The minimum atomic E-state index is 0.209.